The molecule has 1 amide bonds. The number of likely N-dealkylation sites (N-methyl/N-ethyl adjacent to an activating group) is 1. The molecule has 1 aliphatic heterocycles. The maximum absolute atomic E-state index is 11.9. The van der Waals surface area contributed by atoms with Gasteiger partial charge >= 0.3 is 5.97 Å². The molecular formula is C12H22N2O3. The van der Waals surface area contributed by atoms with Crippen LogP contribution >= 0.6 is 0 Å². The SMILES string of the molecule is CCN1CCN(C(=O)CC(C)CC(=O)O)CC1. The average Bonchev–Trinajstić information content (AvgIpc) is 2.28. The molecular weight excluding hydrogens is 220 g/mol. The highest BCUT2D eigenvalue weighted by Gasteiger charge is 2.22. The van der Waals surface area contributed by atoms with E-state index in [-0.39, 0.29) is 18.2 Å². The van der Waals surface area contributed by atoms with Gasteiger partial charge in [-0.25, -0.2) is 0 Å². The highest BCUT2D eigenvalue weighted by Crippen LogP contribution is 2.11. The average molecular weight is 242 g/mol. The molecule has 1 unspecified atom stereocenters. The number of nitrogens with zero attached hydrogens (tertiary/aromatic N) is 2. The quantitative estimate of drug-likeness (QED) is 0.769. The molecule has 5 nitrogen and oxygen atoms in total. The van der Waals surface area contributed by atoms with Gasteiger partial charge in [-0.1, -0.05) is 13.8 Å². The molecule has 1 saturated heterocycles. The maximum Gasteiger partial charge on any atom is 0.303 e. The van der Waals surface area contributed by atoms with E-state index in [4.69, 9.17) is 5.11 Å². The summed E-state index contributed by atoms with van der Waals surface area (Å²) < 4.78 is 0. The van der Waals surface area contributed by atoms with Crippen LogP contribution in [0.4, 0.5) is 0 Å². The highest BCUT2D eigenvalue weighted by molar-refractivity contribution is 5.77. The lowest BCUT2D eigenvalue weighted by Crippen LogP contribution is -2.48. The summed E-state index contributed by atoms with van der Waals surface area (Å²) in [6.07, 6.45) is 0.416. The van der Waals surface area contributed by atoms with Crippen LogP contribution in [0.3, 0.4) is 0 Å². The summed E-state index contributed by atoms with van der Waals surface area (Å²) in [5.74, 6) is -0.820. The number of carbonyl (C=O) groups is 2. The fourth-order valence-corrected chi connectivity index (χ4v) is 2.11. The molecule has 0 spiro atoms. The molecule has 17 heavy (non-hydrogen) atoms. The van der Waals surface area contributed by atoms with Crippen LogP contribution in [0.2, 0.25) is 0 Å². The molecule has 1 atom stereocenters. The number of hydrogen-bond acceptors (Lipinski definition) is 3. The number of carbonyl (C=O) groups excluding carboxylic acids is 1. The Morgan fingerprint density at radius 1 is 1.18 bits per heavy atom. The van der Waals surface area contributed by atoms with E-state index in [0.29, 0.717) is 6.42 Å². The Morgan fingerprint density at radius 2 is 1.76 bits per heavy atom. The maximum atomic E-state index is 11.9. The van der Waals surface area contributed by atoms with Gasteiger partial charge in [0.05, 0.1) is 0 Å². The number of piperazine rings is 1. The molecule has 0 saturated carbocycles. The first kappa shape index (κ1) is 14.0. The Bertz CT molecular complexity index is 273. The van der Waals surface area contributed by atoms with Crippen molar-refractivity contribution in [2.75, 3.05) is 32.7 Å². The van der Waals surface area contributed by atoms with Gasteiger partial charge in [0, 0.05) is 39.0 Å². The molecule has 98 valence electrons. The van der Waals surface area contributed by atoms with Crippen molar-refractivity contribution in [3.63, 3.8) is 0 Å². The fraction of sp³-hybridized carbons (Fsp3) is 0.833. The summed E-state index contributed by atoms with van der Waals surface area (Å²) in [5.41, 5.74) is 0. The van der Waals surface area contributed by atoms with Gasteiger partial charge in [0.2, 0.25) is 5.91 Å². The van der Waals surface area contributed by atoms with Crippen LogP contribution in [0.1, 0.15) is 26.7 Å². The number of hydrogen-bond donors (Lipinski definition) is 1. The minimum absolute atomic E-state index is 0.0701. The van der Waals surface area contributed by atoms with Gasteiger partial charge in [-0.2, -0.15) is 0 Å². The summed E-state index contributed by atoms with van der Waals surface area (Å²) in [6, 6.07) is 0. The van der Waals surface area contributed by atoms with Gasteiger partial charge in [-0.15, -0.1) is 0 Å². The van der Waals surface area contributed by atoms with E-state index in [9.17, 15) is 9.59 Å². The molecule has 1 fully saturated rings. The van der Waals surface area contributed by atoms with Gasteiger partial charge in [0.1, 0.15) is 0 Å². The van der Waals surface area contributed by atoms with E-state index in [1.165, 1.54) is 0 Å². The Morgan fingerprint density at radius 3 is 2.24 bits per heavy atom. The minimum atomic E-state index is -0.832. The second kappa shape index (κ2) is 6.59. The predicted octanol–water partition coefficient (Wildman–Crippen LogP) is 0.651. The van der Waals surface area contributed by atoms with Gasteiger partial charge in [0.15, 0.2) is 0 Å². The number of carboxylic acid groups (broad SMARTS) is 1. The molecule has 5 heteroatoms. The lowest BCUT2D eigenvalue weighted by atomic mass is 10.0. The van der Waals surface area contributed by atoms with Crippen molar-refractivity contribution in [3.8, 4) is 0 Å². The van der Waals surface area contributed by atoms with Crippen LogP contribution in [-0.4, -0.2) is 59.5 Å². The lowest BCUT2D eigenvalue weighted by molar-refractivity contribution is -0.138. The third kappa shape index (κ3) is 4.73. The second-order valence-corrected chi connectivity index (χ2v) is 4.72. The van der Waals surface area contributed by atoms with E-state index in [0.717, 1.165) is 32.7 Å². The van der Waals surface area contributed by atoms with Crippen LogP contribution < -0.4 is 0 Å². The molecule has 1 rings (SSSR count). The van der Waals surface area contributed by atoms with Crippen molar-refractivity contribution in [1.82, 2.24) is 9.80 Å². The minimum Gasteiger partial charge on any atom is -0.481 e. The molecule has 1 aliphatic rings. The van der Waals surface area contributed by atoms with Gasteiger partial charge in [0.25, 0.3) is 0 Å². The van der Waals surface area contributed by atoms with E-state index in [1.54, 1.807) is 0 Å². The zero-order chi connectivity index (χ0) is 12.8. The first-order valence-electron chi connectivity index (χ1n) is 6.24. The third-order valence-corrected chi connectivity index (χ3v) is 3.22. The molecule has 0 aromatic rings. The van der Waals surface area contributed by atoms with E-state index in [1.807, 2.05) is 11.8 Å². The molecule has 0 radical (unpaired) electrons. The first-order chi connectivity index (χ1) is 8.02. The van der Waals surface area contributed by atoms with Crippen molar-refractivity contribution in [3.05, 3.63) is 0 Å². The first-order valence-corrected chi connectivity index (χ1v) is 6.24. The summed E-state index contributed by atoms with van der Waals surface area (Å²) in [6.45, 7) is 8.35. The van der Waals surface area contributed by atoms with Crippen molar-refractivity contribution >= 4 is 11.9 Å². The van der Waals surface area contributed by atoms with E-state index < -0.39 is 5.97 Å². The van der Waals surface area contributed by atoms with Crippen molar-refractivity contribution in [1.29, 1.82) is 0 Å². The second-order valence-electron chi connectivity index (χ2n) is 4.72. The van der Waals surface area contributed by atoms with Gasteiger partial charge in [-0.05, 0) is 12.5 Å². The molecule has 0 aliphatic carbocycles. The monoisotopic (exact) mass is 242 g/mol. The summed E-state index contributed by atoms with van der Waals surface area (Å²) in [5, 5.41) is 8.64. The normalized spacial score (nSPS) is 19.1. The zero-order valence-electron chi connectivity index (χ0n) is 10.7. The van der Waals surface area contributed by atoms with E-state index in [2.05, 4.69) is 11.8 Å². The van der Waals surface area contributed by atoms with E-state index >= 15 is 0 Å². The summed E-state index contributed by atoms with van der Waals surface area (Å²) in [4.78, 5) is 26.6. The lowest BCUT2D eigenvalue weighted by Gasteiger charge is -2.34. The van der Waals surface area contributed by atoms with Crippen molar-refractivity contribution < 1.29 is 14.7 Å². The predicted molar refractivity (Wildman–Crippen MR) is 64.7 cm³/mol. The number of aliphatic carboxylic acids is 1. The zero-order valence-corrected chi connectivity index (χ0v) is 10.7. The Hall–Kier alpha value is -1.10. The van der Waals surface area contributed by atoms with Crippen LogP contribution in [0.5, 0.6) is 0 Å². The molecule has 1 heterocycles. The van der Waals surface area contributed by atoms with Gasteiger partial charge in [-0.3, -0.25) is 9.59 Å². The molecule has 0 aromatic heterocycles. The summed E-state index contributed by atoms with van der Waals surface area (Å²) in [7, 11) is 0. The Balaban J connectivity index is 2.31. The summed E-state index contributed by atoms with van der Waals surface area (Å²) >= 11 is 0. The molecule has 1 N–H and O–H groups in total. The molecule has 0 aromatic carbocycles. The third-order valence-electron chi connectivity index (χ3n) is 3.22. The van der Waals surface area contributed by atoms with Crippen LogP contribution in [0.25, 0.3) is 0 Å². The number of amides is 1. The Labute approximate surface area is 102 Å². The van der Waals surface area contributed by atoms with Crippen LogP contribution in [-0.2, 0) is 9.59 Å². The smallest absolute Gasteiger partial charge is 0.303 e. The highest BCUT2D eigenvalue weighted by atomic mass is 16.4. The topological polar surface area (TPSA) is 60.9 Å². The Kier molecular flexibility index (Phi) is 5.41. The van der Waals surface area contributed by atoms with Crippen LogP contribution in [0.15, 0.2) is 0 Å². The van der Waals surface area contributed by atoms with Crippen LogP contribution in [0, 0.1) is 5.92 Å². The largest absolute Gasteiger partial charge is 0.481 e. The van der Waals surface area contributed by atoms with Gasteiger partial charge < -0.3 is 14.9 Å². The molecule has 0 bridgehead atoms. The van der Waals surface area contributed by atoms with Crippen molar-refractivity contribution in [2.24, 2.45) is 5.92 Å². The standard InChI is InChI=1S/C12H22N2O3/c1-3-13-4-6-14(7-5-13)11(15)8-10(2)9-12(16)17/h10H,3-9H2,1-2H3,(H,16,17). The fourth-order valence-electron chi connectivity index (χ4n) is 2.11. The van der Waals surface area contributed by atoms with Crippen molar-refractivity contribution in [2.45, 2.75) is 26.7 Å². The number of carboxylic acids is 1. The number of rotatable bonds is 5.